The van der Waals surface area contributed by atoms with Crippen LogP contribution in [-0.4, -0.2) is 34.7 Å². The number of carbonyl (C=O) groups excluding carboxylic acids is 1. The molecule has 0 fully saturated rings. The summed E-state index contributed by atoms with van der Waals surface area (Å²) in [6.45, 7) is 0. The lowest BCUT2D eigenvalue weighted by atomic mass is 10.4. The molecule has 0 aromatic carbocycles. The van der Waals surface area contributed by atoms with Crippen LogP contribution in [0.25, 0.3) is 0 Å². The molecule has 5 nitrogen and oxygen atoms in total. The molecule has 1 rings (SSSR count). The first-order chi connectivity index (χ1) is 6.56. The van der Waals surface area contributed by atoms with Gasteiger partial charge in [0.1, 0.15) is 16.1 Å². The molecule has 1 amide bonds. The zero-order chi connectivity index (χ0) is 10.7. The van der Waals surface area contributed by atoms with Crippen LogP contribution in [-0.2, 0) is 7.05 Å². The van der Waals surface area contributed by atoms with Crippen LogP contribution in [0.5, 0.6) is 0 Å². The quantitative estimate of drug-likeness (QED) is 0.532. The summed E-state index contributed by atoms with van der Waals surface area (Å²) in [6, 6.07) is 1.61. The summed E-state index contributed by atoms with van der Waals surface area (Å²) in [5.41, 5.74) is 0.479. The van der Waals surface area contributed by atoms with Crippen LogP contribution in [0.2, 0.25) is 0 Å². The Kier molecular flexibility index (Phi) is 3.14. The summed E-state index contributed by atoms with van der Waals surface area (Å²) >= 11 is 0.942. The molecule has 1 aromatic heterocycles. The maximum atomic E-state index is 11.6. The van der Waals surface area contributed by atoms with Gasteiger partial charge in [0.25, 0.3) is 5.91 Å². The molecule has 0 aliphatic carbocycles. The van der Waals surface area contributed by atoms with Crippen LogP contribution < -0.4 is 0 Å². The van der Waals surface area contributed by atoms with Gasteiger partial charge in [-0.05, 0) is 0 Å². The molecule has 0 unspecified atom stereocenters. The number of thioether (sulfide) groups is 1. The fraction of sp³-hybridized carbons (Fsp3) is 0.375. The smallest absolute Gasteiger partial charge is 0.271 e. The van der Waals surface area contributed by atoms with Crippen LogP contribution >= 0.6 is 11.8 Å². The number of aryl methyl sites for hydroxylation is 1. The number of amides is 1. The van der Waals surface area contributed by atoms with E-state index in [1.165, 1.54) is 9.58 Å². The van der Waals surface area contributed by atoms with E-state index >= 15 is 0 Å². The molecule has 0 aliphatic heterocycles. The van der Waals surface area contributed by atoms with E-state index in [1.807, 2.05) is 5.40 Å². The Balaban J connectivity index is 2.99. The molecular formula is C8H10N4OS. The minimum absolute atomic E-state index is 0.121. The lowest BCUT2D eigenvalue weighted by molar-refractivity contribution is 0.0817. The van der Waals surface area contributed by atoms with Gasteiger partial charge in [-0.2, -0.15) is 10.4 Å². The maximum absolute atomic E-state index is 11.6. The van der Waals surface area contributed by atoms with E-state index in [0.717, 1.165) is 11.8 Å². The Labute approximate surface area is 86.3 Å². The van der Waals surface area contributed by atoms with Gasteiger partial charge in [0.05, 0.1) is 0 Å². The van der Waals surface area contributed by atoms with Gasteiger partial charge in [-0.15, -0.1) is 0 Å². The van der Waals surface area contributed by atoms with Crippen LogP contribution in [0.15, 0.2) is 11.1 Å². The van der Waals surface area contributed by atoms with Gasteiger partial charge in [-0.1, -0.05) is 0 Å². The van der Waals surface area contributed by atoms with E-state index < -0.39 is 0 Å². The van der Waals surface area contributed by atoms with Gasteiger partial charge in [0.2, 0.25) is 0 Å². The number of nitrogens with zero attached hydrogens (tertiary/aromatic N) is 4. The Hall–Kier alpha value is -1.48. The molecule has 0 aliphatic rings. The lowest BCUT2D eigenvalue weighted by Crippen LogP contribution is -2.24. The number of carbonyl (C=O) groups is 1. The Morgan fingerprint density at radius 3 is 2.86 bits per heavy atom. The minimum atomic E-state index is -0.121. The van der Waals surface area contributed by atoms with Crippen molar-refractivity contribution >= 4 is 17.7 Å². The van der Waals surface area contributed by atoms with Gasteiger partial charge in [-0.3, -0.25) is 9.48 Å². The number of thiocyanates is 1. The molecule has 1 aromatic rings. The standard InChI is InChI=1S/C8H10N4OS/c1-11(2)8(13)6-4-7(14-5-9)10-12(6)3/h4H,1-3H3. The van der Waals surface area contributed by atoms with Crippen molar-refractivity contribution in [3.63, 3.8) is 0 Å². The third kappa shape index (κ3) is 2.06. The number of aromatic nitrogens is 2. The second-order valence-electron chi connectivity index (χ2n) is 2.88. The van der Waals surface area contributed by atoms with Gasteiger partial charge < -0.3 is 4.90 Å². The molecule has 1 heterocycles. The molecule has 0 atom stereocenters. The predicted octanol–water partition coefficient (Wildman–Crippen LogP) is 0.695. The highest BCUT2D eigenvalue weighted by Crippen LogP contribution is 2.16. The molecule has 74 valence electrons. The molecule has 0 spiro atoms. The average Bonchev–Trinajstić information content (AvgIpc) is 2.46. The van der Waals surface area contributed by atoms with Crippen molar-refractivity contribution in [3.8, 4) is 5.40 Å². The molecule has 0 N–H and O–H groups in total. The highest BCUT2D eigenvalue weighted by molar-refractivity contribution is 8.03. The highest BCUT2D eigenvalue weighted by Gasteiger charge is 2.14. The third-order valence-corrected chi connectivity index (χ3v) is 2.13. The van der Waals surface area contributed by atoms with Crippen LogP contribution in [0.4, 0.5) is 0 Å². The summed E-state index contributed by atoms with van der Waals surface area (Å²) in [5, 5.41) is 14.9. The minimum Gasteiger partial charge on any atom is -0.343 e. The van der Waals surface area contributed by atoms with E-state index in [4.69, 9.17) is 5.26 Å². The van der Waals surface area contributed by atoms with E-state index in [-0.39, 0.29) is 5.91 Å². The van der Waals surface area contributed by atoms with Gasteiger partial charge >= 0.3 is 0 Å². The normalized spacial score (nSPS) is 9.57. The topological polar surface area (TPSA) is 61.9 Å². The molecule has 0 bridgehead atoms. The molecule has 14 heavy (non-hydrogen) atoms. The monoisotopic (exact) mass is 210 g/mol. The number of hydrogen-bond acceptors (Lipinski definition) is 4. The van der Waals surface area contributed by atoms with Crippen molar-refractivity contribution in [1.29, 1.82) is 5.26 Å². The zero-order valence-electron chi connectivity index (χ0n) is 8.18. The Morgan fingerprint density at radius 2 is 2.36 bits per heavy atom. The summed E-state index contributed by atoms with van der Waals surface area (Å²) in [7, 11) is 5.02. The summed E-state index contributed by atoms with van der Waals surface area (Å²) in [4.78, 5) is 13.0. The molecule has 6 heteroatoms. The Morgan fingerprint density at radius 1 is 1.71 bits per heavy atom. The van der Waals surface area contributed by atoms with Crippen molar-refractivity contribution in [3.05, 3.63) is 11.8 Å². The maximum Gasteiger partial charge on any atom is 0.271 e. The van der Waals surface area contributed by atoms with Crippen molar-refractivity contribution < 1.29 is 4.79 Å². The van der Waals surface area contributed by atoms with Crippen molar-refractivity contribution in [2.45, 2.75) is 5.03 Å². The van der Waals surface area contributed by atoms with Crippen molar-refractivity contribution in [2.24, 2.45) is 7.05 Å². The van der Waals surface area contributed by atoms with Gasteiger partial charge in [0.15, 0.2) is 0 Å². The van der Waals surface area contributed by atoms with Crippen LogP contribution in [0, 0.1) is 10.7 Å². The third-order valence-electron chi connectivity index (χ3n) is 1.63. The van der Waals surface area contributed by atoms with Gasteiger partial charge in [0, 0.05) is 39.0 Å². The first kappa shape index (κ1) is 10.6. The largest absolute Gasteiger partial charge is 0.343 e. The SMILES string of the molecule is CN(C)C(=O)c1cc(SC#N)nn1C. The number of rotatable bonds is 2. The lowest BCUT2D eigenvalue weighted by Gasteiger charge is -2.09. The first-order valence-electron chi connectivity index (χ1n) is 3.88. The number of nitriles is 1. The fourth-order valence-electron chi connectivity index (χ4n) is 0.967. The van der Waals surface area contributed by atoms with Crippen molar-refractivity contribution in [1.82, 2.24) is 14.7 Å². The van der Waals surface area contributed by atoms with Crippen molar-refractivity contribution in [2.75, 3.05) is 14.1 Å². The number of hydrogen-bond donors (Lipinski definition) is 0. The zero-order valence-corrected chi connectivity index (χ0v) is 9.00. The van der Waals surface area contributed by atoms with E-state index in [9.17, 15) is 4.79 Å². The Bertz CT molecular complexity index is 391. The molecular weight excluding hydrogens is 200 g/mol. The molecule has 0 saturated carbocycles. The summed E-state index contributed by atoms with van der Waals surface area (Å²) < 4.78 is 1.47. The molecule has 0 saturated heterocycles. The first-order valence-corrected chi connectivity index (χ1v) is 4.69. The van der Waals surface area contributed by atoms with Crippen LogP contribution in [0.1, 0.15) is 10.5 Å². The summed E-state index contributed by atoms with van der Waals surface area (Å²) in [6.07, 6.45) is 0. The fourth-order valence-corrected chi connectivity index (χ4v) is 1.39. The molecule has 0 radical (unpaired) electrons. The highest BCUT2D eigenvalue weighted by atomic mass is 32.2. The average molecular weight is 210 g/mol. The van der Waals surface area contributed by atoms with E-state index in [2.05, 4.69) is 5.10 Å². The second kappa shape index (κ2) is 4.15. The second-order valence-corrected chi connectivity index (χ2v) is 3.69. The van der Waals surface area contributed by atoms with Crippen LogP contribution in [0.3, 0.4) is 0 Å². The van der Waals surface area contributed by atoms with Gasteiger partial charge in [-0.25, -0.2) is 0 Å². The summed E-state index contributed by atoms with van der Waals surface area (Å²) in [5.74, 6) is -0.121. The van der Waals surface area contributed by atoms with E-state index in [1.54, 1.807) is 27.2 Å². The van der Waals surface area contributed by atoms with E-state index in [0.29, 0.717) is 10.7 Å². The predicted molar refractivity (Wildman–Crippen MR) is 52.7 cm³/mol.